The van der Waals surface area contributed by atoms with E-state index in [4.69, 9.17) is 36.0 Å². The smallest absolute Gasteiger partial charge is 0.375 e. The first-order chi connectivity index (χ1) is 18.7. The first kappa shape index (κ1) is 35.3. The van der Waals surface area contributed by atoms with Crippen molar-refractivity contribution in [3.05, 3.63) is 0 Å². The molecule has 0 aliphatic carbocycles. The summed E-state index contributed by atoms with van der Waals surface area (Å²) in [6.07, 6.45) is 9.89. The monoisotopic (exact) mass is 592 g/mol. The number of hydrogen-bond donors (Lipinski definition) is 0. The number of rotatable bonds is 24. The van der Waals surface area contributed by atoms with Gasteiger partial charge in [-0.05, 0) is 112 Å². The van der Waals surface area contributed by atoms with Crippen molar-refractivity contribution in [1.82, 2.24) is 0 Å². The highest BCUT2D eigenvalue weighted by Gasteiger charge is 2.46. The molecule has 0 aromatic heterocycles. The molecule has 39 heavy (non-hydrogen) atoms. The average molecular weight is 593 g/mol. The van der Waals surface area contributed by atoms with Gasteiger partial charge in [0, 0.05) is 51.7 Å². The Labute approximate surface area is 241 Å². The summed E-state index contributed by atoms with van der Waals surface area (Å²) in [5.74, 6) is 0. The molecule has 2 aliphatic heterocycles. The van der Waals surface area contributed by atoms with Gasteiger partial charge in [-0.15, -0.1) is 0 Å². The summed E-state index contributed by atoms with van der Waals surface area (Å²) in [4.78, 5) is 0. The van der Waals surface area contributed by atoms with Gasteiger partial charge in [0.05, 0.1) is 24.4 Å². The molecule has 232 valence electrons. The standard InChI is InChI=1S/C29H60O8Si2/c1-9-30-38(31-10-2,32-11-3)19-15-17-29(23-27-21-25(7)36-27,24-28-22-26(8)37-28)18-16-20-39(33-12-4,34-13-5)35-14-6/h25-28H,9-24H2,1-8H3. The zero-order valence-corrected chi connectivity index (χ0v) is 28.4. The van der Waals surface area contributed by atoms with Crippen molar-refractivity contribution in [3.63, 3.8) is 0 Å². The molecule has 0 aromatic carbocycles. The second-order valence-electron chi connectivity index (χ2n) is 11.2. The van der Waals surface area contributed by atoms with Crippen molar-refractivity contribution in [3.8, 4) is 0 Å². The van der Waals surface area contributed by atoms with Crippen molar-refractivity contribution in [2.75, 3.05) is 39.6 Å². The van der Waals surface area contributed by atoms with Crippen LogP contribution in [0.2, 0.25) is 12.1 Å². The summed E-state index contributed by atoms with van der Waals surface area (Å²) in [5, 5.41) is 0. The zero-order valence-electron chi connectivity index (χ0n) is 26.4. The lowest BCUT2D eigenvalue weighted by molar-refractivity contribution is -0.159. The molecule has 0 bridgehead atoms. The fraction of sp³-hybridized carbons (Fsp3) is 1.00. The lowest BCUT2D eigenvalue weighted by atomic mass is 9.69. The third kappa shape index (κ3) is 11.4. The Balaban J connectivity index is 2.22. The highest BCUT2D eigenvalue weighted by molar-refractivity contribution is 6.61. The van der Waals surface area contributed by atoms with Crippen LogP contribution in [0.5, 0.6) is 0 Å². The van der Waals surface area contributed by atoms with Crippen LogP contribution in [-0.4, -0.2) is 81.7 Å². The van der Waals surface area contributed by atoms with Gasteiger partial charge in [-0.1, -0.05) is 0 Å². The molecular formula is C29H60O8Si2. The topological polar surface area (TPSA) is 73.8 Å². The molecule has 2 saturated heterocycles. The molecule has 2 aliphatic rings. The summed E-state index contributed by atoms with van der Waals surface area (Å²) in [5.41, 5.74) is 0.102. The van der Waals surface area contributed by atoms with Crippen LogP contribution in [0.1, 0.15) is 107 Å². The van der Waals surface area contributed by atoms with Crippen LogP contribution in [-0.2, 0) is 36.0 Å². The Kier molecular flexibility index (Phi) is 16.2. The molecule has 8 nitrogen and oxygen atoms in total. The molecule has 2 fully saturated rings. The molecule has 2 heterocycles. The van der Waals surface area contributed by atoms with Crippen molar-refractivity contribution in [2.24, 2.45) is 5.41 Å². The molecule has 0 saturated carbocycles. The first-order valence-corrected chi connectivity index (χ1v) is 19.7. The van der Waals surface area contributed by atoms with E-state index >= 15 is 0 Å². The van der Waals surface area contributed by atoms with Gasteiger partial charge in [0.1, 0.15) is 0 Å². The summed E-state index contributed by atoms with van der Waals surface area (Å²) in [6, 6.07) is 1.67. The third-order valence-corrected chi connectivity index (χ3v) is 14.2. The van der Waals surface area contributed by atoms with Crippen molar-refractivity contribution >= 4 is 17.6 Å². The van der Waals surface area contributed by atoms with E-state index in [0.717, 1.165) is 63.5 Å². The second-order valence-corrected chi connectivity index (χ2v) is 16.7. The molecule has 0 radical (unpaired) electrons. The van der Waals surface area contributed by atoms with Gasteiger partial charge in [-0.2, -0.15) is 0 Å². The van der Waals surface area contributed by atoms with E-state index in [-0.39, 0.29) is 5.41 Å². The van der Waals surface area contributed by atoms with E-state index in [1.54, 1.807) is 0 Å². The Bertz CT molecular complexity index is 555. The fourth-order valence-electron chi connectivity index (χ4n) is 6.58. The maximum Gasteiger partial charge on any atom is 0.500 e. The van der Waals surface area contributed by atoms with Crippen LogP contribution < -0.4 is 0 Å². The van der Waals surface area contributed by atoms with Gasteiger partial charge in [-0.3, -0.25) is 0 Å². The highest BCUT2D eigenvalue weighted by atomic mass is 28.4. The normalized spacial score (nSPS) is 24.0. The third-order valence-electron chi connectivity index (χ3n) is 7.93. The maximum absolute atomic E-state index is 6.20. The Morgan fingerprint density at radius 1 is 0.564 bits per heavy atom. The lowest BCUT2D eigenvalue weighted by Crippen LogP contribution is -2.47. The van der Waals surface area contributed by atoms with E-state index < -0.39 is 17.6 Å². The van der Waals surface area contributed by atoms with Gasteiger partial charge in [-0.25, -0.2) is 0 Å². The largest absolute Gasteiger partial charge is 0.500 e. The Hall–Kier alpha value is 0.114. The van der Waals surface area contributed by atoms with Gasteiger partial charge >= 0.3 is 17.6 Å². The Morgan fingerprint density at radius 3 is 1.08 bits per heavy atom. The van der Waals surface area contributed by atoms with E-state index in [1.807, 2.05) is 41.5 Å². The first-order valence-electron chi connectivity index (χ1n) is 15.9. The lowest BCUT2D eigenvalue weighted by Gasteiger charge is -2.47. The summed E-state index contributed by atoms with van der Waals surface area (Å²) in [7, 11) is -5.39. The molecule has 0 aromatic rings. The molecule has 4 atom stereocenters. The minimum Gasteiger partial charge on any atom is -0.375 e. The van der Waals surface area contributed by atoms with Crippen LogP contribution in [0.15, 0.2) is 0 Å². The van der Waals surface area contributed by atoms with Crippen LogP contribution in [0.25, 0.3) is 0 Å². The molecular weight excluding hydrogens is 532 g/mol. The second kappa shape index (κ2) is 17.9. The SMILES string of the molecule is CCO[Si](CCCC(CCC[Si](OCC)(OCC)OCC)(CC1CC(C)O1)CC1CC(C)O1)(OCC)OCC. The fourth-order valence-corrected chi connectivity index (χ4v) is 11.8. The predicted molar refractivity (Wildman–Crippen MR) is 159 cm³/mol. The minimum absolute atomic E-state index is 0.102. The van der Waals surface area contributed by atoms with E-state index in [1.165, 1.54) is 0 Å². The molecule has 0 amide bonds. The summed E-state index contributed by atoms with van der Waals surface area (Å²) >= 11 is 0. The molecule has 2 rings (SSSR count). The highest BCUT2D eigenvalue weighted by Crippen LogP contribution is 2.47. The predicted octanol–water partition coefficient (Wildman–Crippen LogP) is 6.77. The average Bonchev–Trinajstić information content (AvgIpc) is 2.83. The van der Waals surface area contributed by atoms with Crippen LogP contribution in [0.3, 0.4) is 0 Å². The maximum atomic E-state index is 6.20. The quantitative estimate of drug-likeness (QED) is 0.114. The van der Waals surface area contributed by atoms with E-state index in [2.05, 4.69) is 13.8 Å². The van der Waals surface area contributed by atoms with Crippen LogP contribution in [0.4, 0.5) is 0 Å². The van der Waals surface area contributed by atoms with Crippen molar-refractivity contribution < 1.29 is 36.0 Å². The summed E-state index contributed by atoms with van der Waals surface area (Å²) < 4.78 is 49.5. The zero-order chi connectivity index (χ0) is 28.8. The molecule has 10 heteroatoms. The van der Waals surface area contributed by atoms with E-state index in [9.17, 15) is 0 Å². The molecule has 4 unspecified atom stereocenters. The van der Waals surface area contributed by atoms with Crippen LogP contribution >= 0.6 is 0 Å². The number of ether oxygens (including phenoxy) is 2. The minimum atomic E-state index is -2.69. The van der Waals surface area contributed by atoms with Crippen LogP contribution in [0, 0.1) is 5.41 Å². The Morgan fingerprint density at radius 2 is 0.846 bits per heavy atom. The van der Waals surface area contributed by atoms with Gasteiger partial charge in [0.2, 0.25) is 0 Å². The van der Waals surface area contributed by atoms with E-state index in [0.29, 0.717) is 64.1 Å². The van der Waals surface area contributed by atoms with Gasteiger partial charge in [0.25, 0.3) is 0 Å². The van der Waals surface area contributed by atoms with Crippen molar-refractivity contribution in [2.45, 2.75) is 143 Å². The molecule has 0 N–H and O–H groups in total. The van der Waals surface area contributed by atoms with Gasteiger partial charge < -0.3 is 36.0 Å². The summed E-state index contributed by atoms with van der Waals surface area (Å²) in [6.45, 7) is 20.2. The molecule has 0 spiro atoms. The number of hydrogen-bond acceptors (Lipinski definition) is 8. The van der Waals surface area contributed by atoms with Gasteiger partial charge in [0.15, 0.2) is 0 Å². The van der Waals surface area contributed by atoms with Crippen molar-refractivity contribution in [1.29, 1.82) is 0 Å².